The molecule has 7 heteroatoms. The molecule has 0 saturated heterocycles. The monoisotopic (exact) mass is 490 g/mol. The Balaban J connectivity index is 2.16. The first-order chi connectivity index (χ1) is 14.7. The average Bonchev–Trinajstić information content (AvgIpc) is 2.75. The standard InChI is InChI=1S/C24H31BrN2O4/c1-16(2)26-24(29)17(3)27(15-19-6-10-20(25)11-7-19)23(28)13-9-18-8-12-21(30-4)22(14-18)31-5/h6-8,10-12,14,16-17H,9,13,15H2,1-5H3,(H,26,29)/t17-/m0/s1. The van der Waals surface area contributed by atoms with Crippen molar-refractivity contribution in [3.8, 4) is 11.5 Å². The molecule has 0 saturated carbocycles. The van der Waals surface area contributed by atoms with Gasteiger partial charge in [-0.25, -0.2) is 0 Å². The molecule has 1 N–H and O–H groups in total. The Morgan fingerprint density at radius 1 is 0.968 bits per heavy atom. The number of methoxy groups -OCH3 is 2. The summed E-state index contributed by atoms with van der Waals surface area (Å²) in [5.74, 6) is 1.04. The highest BCUT2D eigenvalue weighted by atomic mass is 79.9. The number of nitrogens with one attached hydrogen (secondary N) is 1. The van der Waals surface area contributed by atoms with E-state index in [2.05, 4.69) is 21.2 Å². The van der Waals surface area contributed by atoms with Crippen LogP contribution in [-0.2, 0) is 22.6 Å². The Bertz CT molecular complexity index is 884. The average molecular weight is 491 g/mol. The lowest BCUT2D eigenvalue weighted by atomic mass is 10.1. The molecular formula is C24H31BrN2O4. The predicted octanol–water partition coefficient (Wildman–Crippen LogP) is 4.34. The largest absolute Gasteiger partial charge is 0.493 e. The molecule has 0 unspecified atom stereocenters. The van der Waals surface area contributed by atoms with Gasteiger partial charge in [0, 0.05) is 23.5 Å². The van der Waals surface area contributed by atoms with Crippen LogP contribution in [-0.4, -0.2) is 43.0 Å². The van der Waals surface area contributed by atoms with E-state index in [-0.39, 0.29) is 24.3 Å². The molecule has 2 aromatic carbocycles. The summed E-state index contributed by atoms with van der Waals surface area (Å²) in [5, 5.41) is 2.90. The molecule has 0 aliphatic heterocycles. The quantitative estimate of drug-likeness (QED) is 0.537. The fourth-order valence-electron chi connectivity index (χ4n) is 3.21. The second-order valence-corrected chi connectivity index (χ2v) is 8.59. The van der Waals surface area contributed by atoms with Crippen molar-refractivity contribution in [3.63, 3.8) is 0 Å². The Labute approximate surface area is 193 Å². The second kappa shape index (κ2) is 11.7. The minimum atomic E-state index is -0.580. The van der Waals surface area contributed by atoms with Crippen molar-refractivity contribution in [1.82, 2.24) is 10.2 Å². The number of halogens is 1. The van der Waals surface area contributed by atoms with Crippen LogP contribution in [0.15, 0.2) is 46.9 Å². The van der Waals surface area contributed by atoms with Crippen molar-refractivity contribution in [2.75, 3.05) is 14.2 Å². The maximum Gasteiger partial charge on any atom is 0.242 e. The number of benzene rings is 2. The number of aryl methyl sites for hydroxylation is 1. The fraction of sp³-hybridized carbons (Fsp3) is 0.417. The van der Waals surface area contributed by atoms with Gasteiger partial charge in [-0.15, -0.1) is 0 Å². The van der Waals surface area contributed by atoms with Gasteiger partial charge in [0.25, 0.3) is 0 Å². The molecule has 0 heterocycles. The SMILES string of the molecule is COc1ccc(CCC(=O)N(Cc2ccc(Br)cc2)[C@@H](C)C(=O)NC(C)C)cc1OC. The number of nitrogens with zero attached hydrogens (tertiary/aromatic N) is 1. The summed E-state index contributed by atoms with van der Waals surface area (Å²) < 4.78 is 11.6. The number of hydrogen-bond donors (Lipinski definition) is 1. The van der Waals surface area contributed by atoms with E-state index in [4.69, 9.17) is 9.47 Å². The smallest absolute Gasteiger partial charge is 0.242 e. The summed E-state index contributed by atoms with van der Waals surface area (Å²) in [6.07, 6.45) is 0.819. The third kappa shape index (κ3) is 7.28. The molecule has 0 aliphatic carbocycles. The maximum atomic E-state index is 13.2. The van der Waals surface area contributed by atoms with Gasteiger partial charge in [0.15, 0.2) is 11.5 Å². The van der Waals surface area contributed by atoms with Gasteiger partial charge in [-0.1, -0.05) is 34.1 Å². The third-order valence-electron chi connectivity index (χ3n) is 4.94. The zero-order valence-electron chi connectivity index (χ0n) is 18.8. The minimum absolute atomic E-state index is 0.00588. The normalized spacial score (nSPS) is 11.7. The summed E-state index contributed by atoms with van der Waals surface area (Å²) in [6.45, 7) is 5.95. The number of carbonyl (C=O) groups is 2. The first kappa shape index (κ1) is 24.7. The van der Waals surface area contributed by atoms with Crippen LogP contribution >= 0.6 is 15.9 Å². The lowest BCUT2D eigenvalue weighted by molar-refractivity contribution is -0.140. The van der Waals surface area contributed by atoms with Gasteiger partial charge in [0.1, 0.15) is 6.04 Å². The van der Waals surface area contributed by atoms with Gasteiger partial charge in [-0.3, -0.25) is 9.59 Å². The molecular weight excluding hydrogens is 460 g/mol. The predicted molar refractivity (Wildman–Crippen MR) is 125 cm³/mol. The van der Waals surface area contributed by atoms with Crippen LogP contribution in [0.4, 0.5) is 0 Å². The summed E-state index contributed by atoms with van der Waals surface area (Å²) >= 11 is 3.43. The maximum absolute atomic E-state index is 13.2. The van der Waals surface area contributed by atoms with E-state index >= 15 is 0 Å². The minimum Gasteiger partial charge on any atom is -0.493 e. The summed E-state index contributed by atoms with van der Waals surface area (Å²) in [6, 6.07) is 12.8. The van der Waals surface area contributed by atoms with Gasteiger partial charge < -0.3 is 19.7 Å². The van der Waals surface area contributed by atoms with Crippen molar-refractivity contribution in [3.05, 3.63) is 58.1 Å². The summed E-state index contributed by atoms with van der Waals surface area (Å²) in [5.41, 5.74) is 1.93. The molecule has 0 bridgehead atoms. The van der Waals surface area contributed by atoms with Crippen LogP contribution < -0.4 is 14.8 Å². The third-order valence-corrected chi connectivity index (χ3v) is 5.47. The lowest BCUT2D eigenvalue weighted by Gasteiger charge is -2.29. The van der Waals surface area contributed by atoms with E-state index in [1.54, 1.807) is 26.0 Å². The number of amides is 2. The van der Waals surface area contributed by atoms with E-state index in [0.717, 1.165) is 15.6 Å². The van der Waals surface area contributed by atoms with Gasteiger partial charge in [-0.05, 0) is 62.6 Å². The molecule has 6 nitrogen and oxygen atoms in total. The van der Waals surface area contributed by atoms with Crippen molar-refractivity contribution in [1.29, 1.82) is 0 Å². The number of rotatable bonds is 10. The molecule has 1 atom stereocenters. The van der Waals surface area contributed by atoms with Crippen molar-refractivity contribution in [2.45, 2.75) is 52.2 Å². The van der Waals surface area contributed by atoms with Gasteiger partial charge in [0.05, 0.1) is 14.2 Å². The van der Waals surface area contributed by atoms with E-state index < -0.39 is 6.04 Å². The van der Waals surface area contributed by atoms with Gasteiger partial charge in [0.2, 0.25) is 11.8 Å². The van der Waals surface area contributed by atoms with Gasteiger partial charge in [-0.2, -0.15) is 0 Å². The zero-order valence-corrected chi connectivity index (χ0v) is 20.4. The van der Waals surface area contributed by atoms with Crippen LogP contribution in [0.1, 0.15) is 38.3 Å². The number of ether oxygens (including phenoxy) is 2. The van der Waals surface area contributed by atoms with E-state index in [9.17, 15) is 9.59 Å². The van der Waals surface area contributed by atoms with Crippen molar-refractivity contribution < 1.29 is 19.1 Å². The van der Waals surface area contributed by atoms with Crippen LogP contribution in [0.2, 0.25) is 0 Å². The molecule has 0 fully saturated rings. The Morgan fingerprint density at radius 3 is 2.16 bits per heavy atom. The molecule has 2 rings (SSSR count). The Morgan fingerprint density at radius 2 is 1.58 bits per heavy atom. The van der Waals surface area contributed by atoms with Crippen LogP contribution in [0.25, 0.3) is 0 Å². The molecule has 2 aromatic rings. The molecule has 168 valence electrons. The Hall–Kier alpha value is -2.54. The number of hydrogen-bond acceptors (Lipinski definition) is 4. The van der Waals surface area contributed by atoms with Crippen molar-refractivity contribution in [2.24, 2.45) is 0 Å². The van der Waals surface area contributed by atoms with E-state index in [1.807, 2.05) is 56.3 Å². The van der Waals surface area contributed by atoms with Crippen LogP contribution in [0.3, 0.4) is 0 Å². The lowest BCUT2D eigenvalue weighted by Crippen LogP contribution is -2.49. The summed E-state index contributed by atoms with van der Waals surface area (Å²) in [4.78, 5) is 27.4. The van der Waals surface area contributed by atoms with E-state index in [1.165, 1.54) is 0 Å². The molecule has 0 aliphatic rings. The van der Waals surface area contributed by atoms with Gasteiger partial charge >= 0.3 is 0 Å². The topological polar surface area (TPSA) is 67.9 Å². The Kier molecular flexibility index (Phi) is 9.37. The second-order valence-electron chi connectivity index (χ2n) is 7.68. The van der Waals surface area contributed by atoms with Crippen LogP contribution in [0, 0.1) is 0 Å². The fourth-order valence-corrected chi connectivity index (χ4v) is 3.47. The highest BCUT2D eigenvalue weighted by Gasteiger charge is 2.26. The molecule has 0 aromatic heterocycles. The van der Waals surface area contributed by atoms with Crippen LogP contribution in [0.5, 0.6) is 11.5 Å². The van der Waals surface area contributed by atoms with Crippen molar-refractivity contribution >= 4 is 27.7 Å². The first-order valence-corrected chi connectivity index (χ1v) is 11.1. The molecule has 31 heavy (non-hydrogen) atoms. The molecule has 0 radical (unpaired) electrons. The first-order valence-electron chi connectivity index (χ1n) is 10.3. The molecule has 0 spiro atoms. The highest BCUT2D eigenvalue weighted by Crippen LogP contribution is 2.28. The molecule has 2 amide bonds. The summed E-state index contributed by atoms with van der Waals surface area (Å²) in [7, 11) is 3.17. The zero-order chi connectivity index (χ0) is 23.0. The van der Waals surface area contributed by atoms with E-state index in [0.29, 0.717) is 24.5 Å². The number of carbonyl (C=O) groups excluding carboxylic acids is 2. The highest BCUT2D eigenvalue weighted by molar-refractivity contribution is 9.10.